The van der Waals surface area contributed by atoms with Crippen LogP contribution >= 0.6 is 12.6 Å². The number of hydrogen-bond acceptors (Lipinski definition) is 3. The molecular weight excluding hydrogens is 248 g/mol. The van der Waals surface area contributed by atoms with E-state index in [2.05, 4.69) is 31.8 Å². The summed E-state index contributed by atoms with van der Waals surface area (Å²) in [6.45, 7) is 8.32. The van der Waals surface area contributed by atoms with Crippen LogP contribution in [0.5, 0.6) is 0 Å². The van der Waals surface area contributed by atoms with Crippen molar-refractivity contribution in [2.24, 2.45) is 5.41 Å². The Balaban J connectivity index is 2.91. The van der Waals surface area contributed by atoms with Crippen molar-refractivity contribution in [1.29, 1.82) is 0 Å². The second kappa shape index (κ2) is 5.51. The van der Waals surface area contributed by atoms with E-state index in [-0.39, 0.29) is 17.4 Å². The summed E-state index contributed by atoms with van der Waals surface area (Å²) >= 11 is 4.39. The molecule has 0 radical (unpaired) electrons. The normalized spacial score (nSPS) is 24.6. The van der Waals surface area contributed by atoms with Crippen LogP contribution in [0.15, 0.2) is 0 Å². The third-order valence-corrected chi connectivity index (χ3v) is 5.05. The van der Waals surface area contributed by atoms with Crippen LogP contribution < -0.4 is 5.32 Å². The van der Waals surface area contributed by atoms with Crippen LogP contribution in [0.25, 0.3) is 0 Å². The minimum absolute atomic E-state index is 0.0743. The molecule has 18 heavy (non-hydrogen) atoms. The number of carbonyl (C=O) groups is 2. The Labute approximate surface area is 115 Å². The molecule has 0 aromatic carbocycles. The van der Waals surface area contributed by atoms with Crippen molar-refractivity contribution in [2.45, 2.75) is 52.5 Å². The van der Waals surface area contributed by atoms with Gasteiger partial charge in [0.15, 0.2) is 0 Å². The van der Waals surface area contributed by atoms with E-state index in [1.54, 1.807) is 6.92 Å². The smallest absolute Gasteiger partial charge is 0.323 e. The number of amides is 3. The quantitative estimate of drug-likeness (QED) is 0.576. The molecule has 1 aliphatic rings. The molecule has 1 aliphatic heterocycles. The molecule has 1 N–H and O–H groups in total. The SMILES string of the molecule is CCC(CC)(CS)CN1C(=O)NC(C)(CC)C1=O. The zero-order valence-corrected chi connectivity index (χ0v) is 12.6. The molecule has 1 heterocycles. The predicted octanol–water partition coefficient (Wildman–Crippen LogP) is 2.44. The molecule has 3 amide bonds. The summed E-state index contributed by atoms with van der Waals surface area (Å²) in [6, 6.07) is -0.266. The van der Waals surface area contributed by atoms with Crippen molar-refractivity contribution in [3.63, 3.8) is 0 Å². The Bertz CT molecular complexity index is 334. The molecule has 0 spiro atoms. The minimum Gasteiger partial charge on any atom is -0.323 e. The highest BCUT2D eigenvalue weighted by Crippen LogP contribution is 2.32. The lowest BCUT2D eigenvalue weighted by Crippen LogP contribution is -2.45. The first-order valence-corrected chi connectivity index (χ1v) is 7.26. The molecule has 0 saturated carbocycles. The first-order valence-electron chi connectivity index (χ1n) is 6.63. The van der Waals surface area contributed by atoms with Gasteiger partial charge in [0, 0.05) is 6.54 Å². The maximum atomic E-state index is 12.3. The predicted molar refractivity (Wildman–Crippen MR) is 75.8 cm³/mol. The molecule has 4 nitrogen and oxygen atoms in total. The third-order valence-electron chi connectivity index (χ3n) is 4.38. The average molecular weight is 272 g/mol. The second-order valence-corrected chi connectivity index (χ2v) is 5.69. The zero-order valence-electron chi connectivity index (χ0n) is 11.7. The maximum absolute atomic E-state index is 12.3. The molecule has 1 unspecified atom stereocenters. The highest BCUT2D eigenvalue weighted by Gasteiger charge is 2.48. The number of carbonyl (C=O) groups excluding carboxylic acids is 2. The Morgan fingerprint density at radius 3 is 2.17 bits per heavy atom. The van der Waals surface area contributed by atoms with E-state index in [0.29, 0.717) is 18.7 Å². The van der Waals surface area contributed by atoms with Crippen molar-refractivity contribution in [2.75, 3.05) is 12.3 Å². The topological polar surface area (TPSA) is 49.4 Å². The van der Waals surface area contributed by atoms with Crippen LogP contribution in [0, 0.1) is 5.41 Å². The van der Waals surface area contributed by atoms with Gasteiger partial charge in [-0.05, 0) is 37.4 Å². The number of thiol groups is 1. The van der Waals surface area contributed by atoms with Crippen molar-refractivity contribution in [1.82, 2.24) is 10.2 Å². The third kappa shape index (κ3) is 2.51. The Hall–Kier alpha value is -0.710. The molecule has 0 aliphatic carbocycles. The Kier molecular flexibility index (Phi) is 4.70. The zero-order chi connectivity index (χ0) is 14.0. The van der Waals surface area contributed by atoms with Crippen molar-refractivity contribution in [3.05, 3.63) is 0 Å². The Morgan fingerprint density at radius 2 is 1.83 bits per heavy atom. The molecule has 104 valence electrons. The number of rotatable bonds is 6. The molecule has 0 bridgehead atoms. The van der Waals surface area contributed by atoms with Gasteiger partial charge in [-0.15, -0.1) is 0 Å². The van der Waals surface area contributed by atoms with Gasteiger partial charge in [0.05, 0.1) is 0 Å². The monoisotopic (exact) mass is 272 g/mol. The molecule has 0 aromatic rings. The lowest BCUT2D eigenvalue weighted by atomic mass is 9.83. The van der Waals surface area contributed by atoms with Gasteiger partial charge in [-0.3, -0.25) is 9.69 Å². The molecule has 1 rings (SSSR count). The van der Waals surface area contributed by atoms with E-state index < -0.39 is 5.54 Å². The van der Waals surface area contributed by atoms with Gasteiger partial charge in [0.2, 0.25) is 0 Å². The first kappa shape index (κ1) is 15.3. The average Bonchev–Trinajstić information content (AvgIpc) is 2.60. The second-order valence-electron chi connectivity index (χ2n) is 5.37. The van der Waals surface area contributed by atoms with Gasteiger partial charge in [-0.2, -0.15) is 12.6 Å². The Morgan fingerprint density at radius 1 is 1.28 bits per heavy atom. The number of urea groups is 1. The van der Waals surface area contributed by atoms with Crippen LogP contribution in [0.2, 0.25) is 0 Å². The van der Waals surface area contributed by atoms with Gasteiger partial charge in [-0.25, -0.2) is 4.79 Å². The summed E-state index contributed by atoms with van der Waals surface area (Å²) in [5.74, 6) is 0.572. The van der Waals surface area contributed by atoms with E-state index in [0.717, 1.165) is 12.8 Å². The van der Waals surface area contributed by atoms with Gasteiger partial charge in [-0.1, -0.05) is 20.8 Å². The molecule has 1 saturated heterocycles. The fourth-order valence-corrected chi connectivity index (χ4v) is 2.76. The van der Waals surface area contributed by atoms with E-state index in [1.165, 1.54) is 4.90 Å². The maximum Gasteiger partial charge on any atom is 0.325 e. The molecule has 0 aromatic heterocycles. The lowest BCUT2D eigenvalue weighted by molar-refractivity contribution is -0.131. The van der Waals surface area contributed by atoms with Crippen molar-refractivity contribution >= 4 is 24.6 Å². The summed E-state index contributed by atoms with van der Waals surface area (Å²) in [6.07, 6.45) is 2.43. The van der Waals surface area contributed by atoms with Gasteiger partial charge in [0.25, 0.3) is 5.91 Å². The summed E-state index contributed by atoms with van der Waals surface area (Å²) in [5.41, 5.74) is -0.810. The fraction of sp³-hybridized carbons (Fsp3) is 0.846. The number of imide groups is 1. The van der Waals surface area contributed by atoms with Crippen LogP contribution in [0.3, 0.4) is 0 Å². The number of hydrogen-bond donors (Lipinski definition) is 2. The minimum atomic E-state index is -0.735. The van der Waals surface area contributed by atoms with Crippen molar-refractivity contribution in [3.8, 4) is 0 Å². The van der Waals surface area contributed by atoms with E-state index in [1.807, 2.05) is 6.92 Å². The van der Waals surface area contributed by atoms with Crippen LogP contribution in [-0.2, 0) is 4.79 Å². The highest BCUT2D eigenvalue weighted by atomic mass is 32.1. The number of nitrogens with zero attached hydrogens (tertiary/aromatic N) is 1. The summed E-state index contributed by atoms with van der Waals surface area (Å²) in [7, 11) is 0. The van der Waals surface area contributed by atoms with Crippen molar-refractivity contribution < 1.29 is 9.59 Å². The van der Waals surface area contributed by atoms with E-state index >= 15 is 0 Å². The largest absolute Gasteiger partial charge is 0.325 e. The summed E-state index contributed by atoms with van der Waals surface area (Å²) < 4.78 is 0. The van der Waals surface area contributed by atoms with E-state index in [4.69, 9.17) is 0 Å². The van der Waals surface area contributed by atoms with Crippen LogP contribution in [0.4, 0.5) is 4.79 Å². The first-order chi connectivity index (χ1) is 8.38. The van der Waals surface area contributed by atoms with Crippen LogP contribution in [0.1, 0.15) is 47.0 Å². The fourth-order valence-electron chi connectivity index (χ4n) is 2.21. The summed E-state index contributed by atoms with van der Waals surface area (Å²) in [4.78, 5) is 25.6. The van der Waals surface area contributed by atoms with Gasteiger partial charge < -0.3 is 5.32 Å². The van der Waals surface area contributed by atoms with Gasteiger partial charge in [0.1, 0.15) is 5.54 Å². The molecule has 5 heteroatoms. The summed E-state index contributed by atoms with van der Waals surface area (Å²) in [5, 5.41) is 2.79. The van der Waals surface area contributed by atoms with E-state index in [9.17, 15) is 9.59 Å². The number of nitrogens with one attached hydrogen (secondary N) is 1. The standard InChI is InChI=1S/C13H24N2O2S/c1-5-12(4)10(16)15(11(17)14-12)8-13(6-2,7-3)9-18/h18H,5-9H2,1-4H3,(H,14,17). The highest BCUT2D eigenvalue weighted by molar-refractivity contribution is 7.80. The molecule has 1 fully saturated rings. The molecular formula is C13H24N2O2S. The van der Waals surface area contributed by atoms with Crippen LogP contribution in [-0.4, -0.2) is 34.7 Å². The lowest BCUT2D eigenvalue weighted by Gasteiger charge is -2.33. The van der Waals surface area contributed by atoms with Gasteiger partial charge >= 0.3 is 6.03 Å². The molecule has 1 atom stereocenters.